The molecule has 0 aliphatic rings. The summed E-state index contributed by atoms with van der Waals surface area (Å²) in [7, 11) is 0. The maximum atomic E-state index is 11.4. The first-order valence-corrected chi connectivity index (χ1v) is 6.42. The van der Waals surface area contributed by atoms with Crippen LogP contribution in [0.2, 0.25) is 0 Å². The minimum absolute atomic E-state index is 0.00649. The molecule has 0 fully saturated rings. The van der Waals surface area contributed by atoms with Crippen molar-refractivity contribution in [1.29, 1.82) is 0 Å². The van der Waals surface area contributed by atoms with E-state index in [0.29, 0.717) is 13.0 Å². The summed E-state index contributed by atoms with van der Waals surface area (Å²) in [5.41, 5.74) is 0.824. The van der Waals surface area contributed by atoms with Crippen molar-refractivity contribution in [1.82, 2.24) is 15.5 Å². The van der Waals surface area contributed by atoms with E-state index in [-0.39, 0.29) is 12.5 Å². The van der Waals surface area contributed by atoms with Gasteiger partial charge in [0.15, 0.2) is 0 Å². The molecule has 0 saturated heterocycles. The van der Waals surface area contributed by atoms with Gasteiger partial charge in [-0.2, -0.15) is 16.9 Å². The predicted molar refractivity (Wildman–Crippen MR) is 64.3 cm³/mol. The van der Waals surface area contributed by atoms with Gasteiger partial charge in [0.2, 0.25) is 5.91 Å². The molecule has 3 N–H and O–H groups in total. The Labute approximate surface area is 99.0 Å². The second-order valence-electron chi connectivity index (χ2n) is 3.30. The van der Waals surface area contributed by atoms with Crippen LogP contribution in [0.25, 0.3) is 0 Å². The standard InChI is InChI=1S/C10H17N3O2S/c14-5-1-6-16-7-4-11-10(15)8-9-2-3-12-13-9/h2-3,14H,1,4-8H2,(H,11,15)(H,12,13). The van der Waals surface area contributed by atoms with Crippen molar-refractivity contribution >= 4 is 17.7 Å². The van der Waals surface area contributed by atoms with Crippen molar-refractivity contribution in [3.8, 4) is 0 Å². The van der Waals surface area contributed by atoms with Crippen LogP contribution in [0, 0.1) is 0 Å². The maximum absolute atomic E-state index is 11.4. The Bertz CT molecular complexity index is 290. The minimum atomic E-state index is 0.00649. The molecule has 0 aromatic carbocycles. The largest absolute Gasteiger partial charge is 0.396 e. The van der Waals surface area contributed by atoms with Crippen LogP contribution in [-0.4, -0.2) is 45.9 Å². The Balaban J connectivity index is 1.98. The van der Waals surface area contributed by atoms with Gasteiger partial charge in [-0.1, -0.05) is 0 Å². The Morgan fingerprint density at radius 1 is 1.56 bits per heavy atom. The lowest BCUT2D eigenvalue weighted by Crippen LogP contribution is -2.27. The van der Waals surface area contributed by atoms with Crippen LogP contribution in [0.4, 0.5) is 0 Å². The van der Waals surface area contributed by atoms with Gasteiger partial charge >= 0.3 is 0 Å². The molecule has 0 unspecified atom stereocenters. The smallest absolute Gasteiger partial charge is 0.226 e. The summed E-state index contributed by atoms with van der Waals surface area (Å²) in [4.78, 5) is 11.4. The highest BCUT2D eigenvalue weighted by atomic mass is 32.2. The number of nitrogens with one attached hydrogen (secondary N) is 2. The molecule has 1 aromatic heterocycles. The predicted octanol–water partition coefficient (Wildman–Crippen LogP) is 0.184. The quantitative estimate of drug-likeness (QED) is 0.569. The van der Waals surface area contributed by atoms with Gasteiger partial charge in [0.05, 0.1) is 6.42 Å². The van der Waals surface area contributed by atoms with E-state index >= 15 is 0 Å². The van der Waals surface area contributed by atoms with Crippen molar-refractivity contribution in [2.45, 2.75) is 12.8 Å². The number of rotatable bonds is 8. The molecular weight excluding hydrogens is 226 g/mol. The van der Waals surface area contributed by atoms with Crippen LogP contribution < -0.4 is 5.32 Å². The van der Waals surface area contributed by atoms with Gasteiger partial charge in [-0.15, -0.1) is 0 Å². The number of hydrogen-bond donors (Lipinski definition) is 3. The third-order valence-corrected chi connectivity index (χ3v) is 2.99. The lowest BCUT2D eigenvalue weighted by Gasteiger charge is -2.03. The number of aromatic amines is 1. The van der Waals surface area contributed by atoms with Gasteiger partial charge in [-0.3, -0.25) is 9.89 Å². The second-order valence-corrected chi connectivity index (χ2v) is 4.52. The lowest BCUT2D eigenvalue weighted by atomic mass is 10.3. The number of carbonyl (C=O) groups excluding carboxylic acids is 1. The summed E-state index contributed by atoms with van der Waals surface area (Å²) in [6.45, 7) is 0.905. The first-order valence-electron chi connectivity index (χ1n) is 5.26. The summed E-state index contributed by atoms with van der Waals surface area (Å²) in [6, 6.07) is 1.79. The molecule has 0 aliphatic heterocycles. The van der Waals surface area contributed by atoms with Gasteiger partial charge in [0.25, 0.3) is 0 Å². The number of H-pyrrole nitrogens is 1. The zero-order chi connectivity index (χ0) is 11.6. The first kappa shape index (κ1) is 13.1. The third-order valence-electron chi connectivity index (χ3n) is 1.92. The summed E-state index contributed by atoms with van der Waals surface area (Å²) in [5, 5.41) is 17.9. The van der Waals surface area contributed by atoms with Crippen molar-refractivity contribution < 1.29 is 9.90 Å². The average Bonchev–Trinajstić information content (AvgIpc) is 2.76. The molecule has 0 radical (unpaired) electrons. The van der Waals surface area contributed by atoms with Gasteiger partial charge < -0.3 is 10.4 Å². The molecule has 1 aromatic rings. The van der Waals surface area contributed by atoms with Gasteiger partial charge in [0, 0.05) is 30.8 Å². The van der Waals surface area contributed by atoms with Crippen molar-refractivity contribution in [2.24, 2.45) is 0 Å². The number of carbonyl (C=O) groups is 1. The highest BCUT2D eigenvalue weighted by molar-refractivity contribution is 7.99. The number of aliphatic hydroxyl groups excluding tert-OH is 1. The number of hydrogen-bond acceptors (Lipinski definition) is 4. The van der Waals surface area contributed by atoms with Crippen LogP contribution in [0.1, 0.15) is 12.1 Å². The van der Waals surface area contributed by atoms with E-state index in [2.05, 4.69) is 15.5 Å². The molecule has 90 valence electrons. The number of amides is 1. The zero-order valence-corrected chi connectivity index (χ0v) is 9.92. The van der Waals surface area contributed by atoms with Crippen molar-refractivity contribution in [3.63, 3.8) is 0 Å². The normalized spacial score (nSPS) is 10.3. The fraction of sp³-hybridized carbons (Fsp3) is 0.600. The van der Waals surface area contributed by atoms with Crippen LogP contribution in [0.5, 0.6) is 0 Å². The first-order chi connectivity index (χ1) is 7.83. The third kappa shape index (κ3) is 5.77. The molecule has 0 aliphatic carbocycles. The number of nitrogens with zero attached hydrogens (tertiary/aromatic N) is 1. The van der Waals surface area contributed by atoms with Crippen LogP contribution in [-0.2, 0) is 11.2 Å². The molecule has 5 nitrogen and oxygen atoms in total. The second kappa shape index (κ2) is 8.18. The molecule has 0 saturated carbocycles. The number of thioether (sulfide) groups is 1. The monoisotopic (exact) mass is 243 g/mol. The zero-order valence-electron chi connectivity index (χ0n) is 9.11. The van der Waals surface area contributed by atoms with Gasteiger partial charge in [-0.05, 0) is 18.2 Å². The molecule has 0 spiro atoms. The summed E-state index contributed by atoms with van der Waals surface area (Å²) in [5.74, 6) is 1.83. The Hall–Kier alpha value is -1.01. The highest BCUT2D eigenvalue weighted by Gasteiger charge is 2.02. The van der Waals surface area contributed by atoms with Crippen molar-refractivity contribution in [2.75, 3.05) is 24.7 Å². The minimum Gasteiger partial charge on any atom is -0.396 e. The molecule has 0 bridgehead atoms. The molecule has 1 heterocycles. The SMILES string of the molecule is O=C(Cc1ccn[nH]1)NCCSCCCO. The molecule has 1 rings (SSSR count). The summed E-state index contributed by atoms with van der Waals surface area (Å²) >= 11 is 1.73. The molecule has 6 heteroatoms. The fourth-order valence-corrected chi connectivity index (χ4v) is 1.93. The van der Waals surface area contributed by atoms with Crippen LogP contribution in [0.3, 0.4) is 0 Å². The average molecular weight is 243 g/mol. The van der Waals surface area contributed by atoms with E-state index in [9.17, 15) is 4.79 Å². The van der Waals surface area contributed by atoms with E-state index < -0.39 is 0 Å². The molecule has 0 atom stereocenters. The molecule has 16 heavy (non-hydrogen) atoms. The fourth-order valence-electron chi connectivity index (χ4n) is 1.15. The summed E-state index contributed by atoms with van der Waals surface area (Å²) < 4.78 is 0. The molecule has 1 amide bonds. The Morgan fingerprint density at radius 2 is 2.44 bits per heavy atom. The topological polar surface area (TPSA) is 78.0 Å². The van der Waals surface area contributed by atoms with Gasteiger partial charge in [-0.25, -0.2) is 0 Å². The number of aliphatic hydroxyl groups is 1. The van der Waals surface area contributed by atoms with E-state index in [4.69, 9.17) is 5.11 Å². The van der Waals surface area contributed by atoms with E-state index in [1.807, 2.05) is 0 Å². The highest BCUT2D eigenvalue weighted by Crippen LogP contribution is 2.00. The Kier molecular flexibility index (Phi) is 6.67. The molecular formula is C10H17N3O2S. The van der Waals surface area contributed by atoms with Gasteiger partial charge in [0.1, 0.15) is 0 Å². The maximum Gasteiger partial charge on any atom is 0.226 e. The van der Waals surface area contributed by atoms with Crippen molar-refractivity contribution in [3.05, 3.63) is 18.0 Å². The van der Waals surface area contributed by atoms with Crippen LogP contribution in [0.15, 0.2) is 12.3 Å². The van der Waals surface area contributed by atoms with Crippen LogP contribution >= 0.6 is 11.8 Å². The van der Waals surface area contributed by atoms with E-state index in [0.717, 1.165) is 23.6 Å². The summed E-state index contributed by atoms with van der Waals surface area (Å²) in [6.07, 6.45) is 2.79. The number of aromatic nitrogens is 2. The van der Waals surface area contributed by atoms with E-state index in [1.54, 1.807) is 24.0 Å². The lowest BCUT2D eigenvalue weighted by molar-refractivity contribution is -0.120. The Morgan fingerprint density at radius 3 is 3.12 bits per heavy atom. The van der Waals surface area contributed by atoms with E-state index in [1.165, 1.54) is 0 Å².